The second-order valence-corrected chi connectivity index (χ2v) is 10.3. The number of methoxy groups -OCH3 is 2. The maximum absolute atomic E-state index is 13.5. The van der Waals surface area contributed by atoms with E-state index in [-0.39, 0.29) is 11.2 Å². The molecule has 1 atom stereocenters. The Morgan fingerprint density at radius 1 is 1.12 bits per heavy atom. The van der Waals surface area contributed by atoms with Crippen LogP contribution >= 0.6 is 11.8 Å². The highest BCUT2D eigenvalue weighted by Gasteiger charge is 2.42. The molecule has 5 rings (SSSR count). The fraction of sp³-hybridized carbons (Fsp3) is 0.346. The van der Waals surface area contributed by atoms with Crippen LogP contribution in [0.15, 0.2) is 65.0 Å². The van der Waals surface area contributed by atoms with Gasteiger partial charge in [0.25, 0.3) is 0 Å². The molecule has 176 valence electrons. The minimum atomic E-state index is -0.446. The zero-order valence-electron chi connectivity index (χ0n) is 19.8. The average Bonchev–Trinajstić information content (AvgIpc) is 3.23. The Kier molecular flexibility index (Phi) is 5.85. The monoisotopic (exact) mass is 476 g/mol. The van der Waals surface area contributed by atoms with Gasteiger partial charge < -0.3 is 14.8 Å². The highest BCUT2D eigenvalue weighted by Crippen LogP contribution is 2.47. The van der Waals surface area contributed by atoms with E-state index in [1.807, 2.05) is 41.1 Å². The van der Waals surface area contributed by atoms with Crippen LogP contribution < -0.4 is 14.8 Å². The molecule has 0 bridgehead atoms. The third-order valence-corrected chi connectivity index (χ3v) is 7.16. The Balaban J connectivity index is 1.60. The largest absolute Gasteiger partial charge is 0.497 e. The van der Waals surface area contributed by atoms with Crippen molar-refractivity contribution in [2.75, 3.05) is 19.5 Å². The van der Waals surface area contributed by atoms with Crippen molar-refractivity contribution >= 4 is 23.5 Å². The van der Waals surface area contributed by atoms with E-state index in [1.165, 1.54) is 5.56 Å². The van der Waals surface area contributed by atoms with Crippen molar-refractivity contribution in [2.45, 2.75) is 43.6 Å². The lowest BCUT2D eigenvalue weighted by Crippen LogP contribution is -2.36. The molecule has 2 aliphatic rings. The average molecular weight is 477 g/mol. The van der Waals surface area contributed by atoms with E-state index in [0.29, 0.717) is 29.0 Å². The number of nitrogens with zero attached hydrogens (tertiary/aromatic N) is 3. The standard InChI is InChI=1S/C26H28N4O3S/c1-26(2)13-19-22(20(31)14-26)23(18-12-17(32-3)10-11-21(18)33-4)30-24(27-19)28-25(29-30)34-15-16-8-6-5-7-9-16/h5-12,23H,13-15H2,1-4H3,(H,27,28,29). The van der Waals surface area contributed by atoms with Crippen LogP contribution in [0.2, 0.25) is 0 Å². The molecule has 0 amide bonds. The van der Waals surface area contributed by atoms with Gasteiger partial charge in [-0.25, -0.2) is 4.68 Å². The predicted molar refractivity (Wildman–Crippen MR) is 132 cm³/mol. The maximum atomic E-state index is 13.5. The number of anilines is 1. The smallest absolute Gasteiger partial charge is 0.227 e. The number of ketones is 1. The normalized spacial score (nSPS) is 18.7. The molecule has 8 heteroatoms. The van der Waals surface area contributed by atoms with E-state index >= 15 is 0 Å². The topological polar surface area (TPSA) is 78.3 Å². The summed E-state index contributed by atoms with van der Waals surface area (Å²) in [6, 6.07) is 15.4. The molecule has 2 aromatic carbocycles. The van der Waals surface area contributed by atoms with Crippen molar-refractivity contribution in [2.24, 2.45) is 5.41 Å². The van der Waals surface area contributed by atoms with Gasteiger partial charge in [0, 0.05) is 29.0 Å². The van der Waals surface area contributed by atoms with Crippen LogP contribution in [0.4, 0.5) is 5.95 Å². The summed E-state index contributed by atoms with van der Waals surface area (Å²) in [5, 5.41) is 8.93. The summed E-state index contributed by atoms with van der Waals surface area (Å²) in [7, 11) is 3.27. The summed E-state index contributed by atoms with van der Waals surface area (Å²) >= 11 is 1.57. The zero-order chi connectivity index (χ0) is 23.9. The van der Waals surface area contributed by atoms with Crippen molar-refractivity contribution in [1.82, 2.24) is 14.8 Å². The van der Waals surface area contributed by atoms with Gasteiger partial charge in [-0.1, -0.05) is 55.9 Å². The number of rotatable bonds is 6. The van der Waals surface area contributed by atoms with Gasteiger partial charge in [-0.3, -0.25) is 4.79 Å². The van der Waals surface area contributed by atoms with E-state index in [0.717, 1.165) is 29.0 Å². The van der Waals surface area contributed by atoms with Crippen LogP contribution in [-0.2, 0) is 10.5 Å². The van der Waals surface area contributed by atoms with E-state index in [4.69, 9.17) is 19.6 Å². The van der Waals surface area contributed by atoms with Gasteiger partial charge in [0.2, 0.25) is 11.1 Å². The summed E-state index contributed by atoms with van der Waals surface area (Å²) in [5.74, 6) is 2.89. The third-order valence-electron chi connectivity index (χ3n) is 6.25. The summed E-state index contributed by atoms with van der Waals surface area (Å²) in [6.45, 7) is 4.25. The lowest BCUT2D eigenvalue weighted by atomic mass is 9.73. The van der Waals surface area contributed by atoms with Gasteiger partial charge in [-0.05, 0) is 35.6 Å². The van der Waals surface area contributed by atoms with E-state index in [2.05, 4.69) is 31.3 Å². The second-order valence-electron chi connectivity index (χ2n) is 9.41. The minimum absolute atomic E-state index is 0.119. The number of nitrogens with one attached hydrogen (secondary N) is 1. The fourth-order valence-corrected chi connectivity index (χ4v) is 5.50. The first-order valence-electron chi connectivity index (χ1n) is 11.3. The van der Waals surface area contributed by atoms with Crippen LogP contribution in [0.1, 0.15) is 43.9 Å². The summed E-state index contributed by atoms with van der Waals surface area (Å²) < 4.78 is 13.0. The molecule has 0 radical (unpaired) electrons. The Labute approximate surface area is 203 Å². The summed E-state index contributed by atoms with van der Waals surface area (Å²) in [4.78, 5) is 18.3. The van der Waals surface area contributed by atoms with Crippen molar-refractivity contribution in [3.8, 4) is 11.5 Å². The van der Waals surface area contributed by atoms with Gasteiger partial charge >= 0.3 is 0 Å². The molecular weight excluding hydrogens is 448 g/mol. The van der Waals surface area contributed by atoms with Gasteiger partial charge in [0.05, 0.1) is 14.2 Å². The van der Waals surface area contributed by atoms with Gasteiger partial charge in [0.1, 0.15) is 17.5 Å². The van der Waals surface area contributed by atoms with E-state index in [9.17, 15) is 4.79 Å². The molecule has 0 saturated carbocycles. The van der Waals surface area contributed by atoms with Gasteiger partial charge in [0.15, 0.2) is 5.78 Å². The van der Waals surface area contributed by atoms with Gasteiger partial charge in [-0.2, -0.15) is 4.98 Å². The second kappa shape index (κ2) is 8.83. The molecule has 1 N–H and O–H groups in total. The predicted octanol–water partition coefficient (Wildman–Crippen LogP) is 5.25. The number of aromatic nitrogens is 3. The van der Waals surface area contributed by atoms with Crippen LogP contribution in [0, 0.1) is 5.41 Å². The lowest BCUT2D eigenvalue weighted by molar-refractivity contribution is -0.118. The maximum Gasteiger partial charge on any atom is 0.227 e. The first-order chi connectivity index (χ1) is 16.4. The first kappa shape index (κ1) is 22.5. The number of hydrogen-bond acceptors (Lipinski definition) is 7. The molecule has 1 aliphatic carbocycles. The number of ether oxygens (including phenoxy) is 2. The van der Waals surface area contributed by atoms with Crippen molar-refractivity contribution in [1.29, 1.82) is 0 Å². The molecule has 7 nitrogen and oxygen atoms in total. The number of thioether (sulfide) groups is 1. The van der Waals surface area contributed by atoms with E-state index in [1.54, 1.807) is 26.0 Å². The zero-order valence-corrected chi connectivity index (χ0v) is 20.6. The van der Waals surface area contributed by atoms with Crippen molar-refractivity contribution in [3.05, 3.63) is 70.9 Å². The molecule has 1 unspecified atom stereocenters. The van der Waals surface area contributed by atoms with E-state index < -0.39 is 6.04 Å². The number of hydrogen-bond donors (Lipinski definition) is 1. The molecule has 0 saturated heterocycles. The quantitative estimate of drug-likeness (QED) is 0.487. The third kappa shape index (κ3) is 4.18. The van der Waals surface area contributed by atoms with Crippen LogP contribution in [0.5, 0.6) is 11.5 Å². The number of allylic oxidation sites excluding steroid dienone is 2. The lowest BCUT2D eigenvalue weighted by Gasteiger charge is -2.38. The molecule has 34 heavy (non-hydrogen) atoms. The van der Waals surface area contributed by atoms with Gasteiger partial charge in [-0.15, -0.1) is 5.10 Å². The molecule has 1 aliphatic heterocycles. The number of carbonyl (C=O) groups excluding carboxylic acids is 1. The summed E-state index contributed by atoms with van der Waals surface area (Å²) in [6.07, 6.45) is 1.24. The van der Waals surface area contributed by atoms with Crippen LogP contribution in [-0.4, -0.2) is 34.8 Å². The SMILES string of the molecule is COc1ccc(OC)c(C2C3=C(CC(C)(C)CC3=O)Nc3nc(SCc4ccccc4)nn32)c1. The first-order valence-corrected chi connectivity index (χ1v) is 12.3. The highest BCUT2D eigenvalue weighted by molar-refractivity contribution is 7.98. The highest BCUT2D eigenvalue weighted by atomic mass is 32.2. The Bertz CT molecular complexity index is 1270. The molecular formula is C26H28N4O3S. The van der Waals surface area contributed by atoms with Crippen LogP contribution in [0.3, 0.4) is 0 Å². The Hall–Kier alpha value is -3.26. The fourth-order valence-electron chi connectivity index (χ4n) is 4.71. The number of fused-ring (bicyclic) bond motifs is 1. The number of Topliss-reactive ketones (excluding diaryl/α,β-unsaturated/α-hetero) is 1. The molecule has 3 aromatic rings. The Morgan fingerprint density at radius 2 is 1.91 bits per heavy atom. The summed E-state index contributed by atoms with van der Waals surface area (Å²) in [5.41, 5.74) is 3.54. The minimum Gasteiger partial charge on any atom is -0.497 e. The van der Waals surface area contributed by atoms with Crippen molar-refractivity contribution < 1.29 is 14.3 Å². The molecule has 0 spiro atoms. The number of carbonyl (C=O) groups is 1. The Morgan fingerprint density at radius 3 is 2.65 bits per heavy atom. The van der Waals surface area contributed by atoms with Crippen LogP contribution in [0.25, 0.3) is 0 Å². The molecule has 1 aromatic heterocycles. The van der Waals surface area contributed by atoms with Crippen molar-refractivity contribution in [3.63, 3.8) is 0 Å². The number of benzene rings is 2. The molecule has 2 heterocycles. The molecule has 0 fully saturated rings.